The maximum Gasteiger partial charge on any atom is 0.341 e. The number of ether oxygens (including phenoxy) is 1. The van der Waals surface area contributed by atoms with Crippen LogP contribution < -0.4 is 4.90 Å². The van der Waals surface area contributed by atoms with E-state index in [2.05, 4.69) is 0 Å². The van der Waals surface area contributed by atoms with E-state index in [4.69, 9.17) is 4.74 Å². The Morgan fingerprint density at radius 1 is 1.17 bits per heavy atom. The van der Waals surface area contributed by atoms with Crippen LogP contribution in [0.3, 0.4) is 0 Å². The molecule has 4 nitrogen and oxygen atoms in total. The number of benzene rings is 2. The molecule has 23 heavy (non-hydrogen) atoms. The molecule has 3 rings (SSSR count). The maximum atomic E-state index is 13.5. The van der Waals surface area contributed by atoms with Gasteiger partial charge in [0.2, 0.25) is 0 Å². The van der Waals surface area contributed by atoms with Crippen LogP contribution in [0, 0.1) is 5.82 Å². The van der Waals surface area contributed by atoms with Crippen molar-refractivity contribution >= 4 is 17.6 Å². The lowest BCUT2D eigenvalue weighted by molar-refractivity contribution is -0.122. The quantitative estimate of drug-likeness (QED) is 0.819. The van der Waals surface area contributed by atoms with Crippen LogP contribution in [-0.2, 0) is 16.0 Å². The Kier molecular flexibility index (Phi) is 4.10. The number of nitrogens with zero attached hydrogens (tertiary/aromatic N) is 1. The van der Waals surface area contributed by atoms with E-state index in [-0.39, 0.29) is 17.5 Å². The maximum absolute atomic E-state index is 13.5. The summed E-state index contributed by atoms with van der Waals surface area (Å²) >= 11 is 0. The van der Waals surface area contributed by atoms with E-state index in [9.17, 15) is 14.0 Å². The summed E-state index contributed by atoms with van der Waals surface area (Å²) in [6.45, 7) is 1.53. The summed E-state index contributed by atoms with van der Waals surface area (Å²) in [4.78, 5) is 25.9. The molecule has 1 aliphatic rings. The summed E-state index contributed by atoms with van der Waals surface area (Å²) in [6.07, 6.45) is 0.767. The largest absolute Gasteiger partial charge is 0.452 e. The minimum absolute atomic E-state index is 0.00654. The van der Waals surface area contributed by atoms with Gasteiger partial charge in [-0.3, -0.25) is 4.79 Å². The topological polar surface area (TPSA) is 46.6 Å². The fraction of sp³-hybridized carbons (Fsp3) is 0.222. The van der Waals surface area contributed by atoms with Crippen LogP contribution in [0.25, 0.3) is 0 Å². The second-order valence-electron chi connectivity index (χ2n) is 5.50. The third kappa shape index (κ3) is 2.95. The average Bonchev–Trinajstić information content (AvgIpc) is 2.88. The Hall–Kier alpha value is -2.69. The lowest BCUT2D eigenvalue weighted by atomic mass is 10.1. The van der Waals surface area contributed by atoms with Crippen molar-refractivity contribution in [2.24, 2.45) is 0 Å². The summed E-state index contributed by atoms with van der Waals surface area (Å²) in [5.74, 6) is -1.81. The van der Waals surface area contributed by atoms with Gasteiger partial charge in [-0.05, 0) is 37.1 Å². The van der Waals surface area contributed by atoms with Crippen LogP contribution in [0.1, 0.15) is 22.8 Å². The number of esters is 1. The van der Waals surface area contributed by atoms with Crippen molar-refractivity contribution in [3.8, 4) is 0 Å². The first-order chi connectivity index (χ1) is 11.1. The van der Waals surface area contributed by atoms with Crippen LogP contribution >= 0.6 is 0 Å². The van der Waals surface area contributed by atoms with Crippen molar-refractivity contribution in [1.82, 2.24) is 0 Å². The molecule has 118 valence electrons. The smallest absolute Gasteiger partial charge is 0.341 e. The Balaban J connectivity index is 1.69. The molecule has 1 amide bonds. The number of carbonyl (C=O) groups excluding carboxylic acids is 2. The molecule has 1 aliphatic heterocycles. The fourth-order valence-corrected chi connectivity index (χ4v) is 2.85. The SMILES string of the molecule is C[C@H]1Cc2ccccc2N1C(=O)COC(=O)c1ccccc1F. The van der Waals surface area contributed by atoms with Gasteiger partial charge in [0.25, 0.3) is 5.91 Å². The number of halogens is 1. The standard InChI is InChI=1S/C18H16FNO3/c1-12-10-13-6-2-5-9-16(13)20(12)17(21)11-23-18(22)14-7-3-4-8-15(14)19/h2-9,12H,10-11H2,1H3/t12-/m0/s1. The lowest BCUT2D eigenvalue weighted by Gasteiger charge is -2.22. The molecule has 0 bridgehead atoms. The van der Waals surface area contributed by atoms with E-state index in [0.29, 0.717) is 0 Å². The first-order valence-electron chi connectivity index (χ1n) is 7.39. The number of anilines is 1. The zero-order valence-electron chi connectivity index (χ0n) is 12.7. The molecule has 5 heteroatoms. The molecule has 0 N–H and O–H groups in total. The molecule has 1 atom stereocenters. The second-order valence-corrected chi connectivity index (χ2v) is 5.50. The molecule has 0 radical (unpaired) electrons. The summed E-state index contributed by atoms with van der Waals surface area (Å²) in [5.41, 5.74) is 1.76. The minimum Gasteiger partial charge on any atom is -0.452 e. The first kappa shape index (κ1) is 15.2. The summed E-state index contributed by atoms with van der Waals surface area (Å²) in [6, 6.07) is 13.2. The van der Waals surface area contributed by atoms with Crippen molar-refractivity contribution in [2.75, 3.05) is 11.5 Å². The van der Waals surface area contributed by atoms with E-state index in [1.807, 2.05) is 31.2 Å². The van der Waals surface area contributed by atoms with Gasteiger partial charge in [-0.15, -0.1) is 0 Å². The van der Waals surface area contributed by atoms with Gasteiger partial charge in [-0.1, -0.05) is 30.3 Å². The highest BCUT2D eigenvalue weighted by Gasteiger charge is 2.31. The number of rotatable bonds is 3. The molecule has 2 aromatic rings. The highest BCUT2D eigenvalue weighted by molar-refractivity contribution is 5.99. The van der Waals surface area contributed by atoms with E-state index in [1.165, 1.54) is 18.2 Å². The van der Waals surface area contributed by atoms with Gasteiger partial charge in [-0.2, -0.15) is 0 Å². The second kappa shape index (κ2) is 6.20. The van der Waals surface area contributed by atoms with Crippen LogP contribution in [-0.4, -0.2) is 24.5 Å². The molecule has 0 saturated carbocycles. The number of para-hydroxylation sites is 1. The summed E-state index contributed by atoms with van der Waals surface area (Å²) in [5, 5.41) is 0. The molecule has 2 aromatic carbocycles. The zero-order valence-corrected chi connectivity index (χ0v) is 12.7. The van der Waals surface area contributed by atoms with Gasteiger partial charge in [0.1, 0.15) is 5.82 Å². The van der Waals surface area contributed by atoms with Crippen LogP contribution in [0.5, 0.6) is 0 Å². The Labute approximate surface area is 133 Å². The number of hydrogen-bond donors (Lipinski definition) is 0. The van der Waals surface area contributed by atoms with Crippen molar-refractivity contribution in [3.63, 3.8) is 0 Å². The van der Waals surface area contributed by atoms with Gasteiger partial charge >= 0.3 is 5.97 Å². The molecule has 0 spiro atoms. The third-order valence-corrected chi connectivity index (χ3v) is 3.90. The Morgan fingerprint density at radius 2 is 1.87 bits per heavy atom. The number of carbonyl (C=O) groups is 2. The lowest BCUT2D eigenvalue weighted by Crippen LogP contribution is -2.38. The minimum atomic E-state index is -0.836. The van der Waals surface area contributed by atoms with Crippen LogP contribution in [0.2, 0.25) is 0 Å². The molecular weight excluding hydrogens is 297 g/mol. The highest BCUT2D eigenvalue weighted by atomic mass is 19.1. The third-order valence-electron chi connectivity index (χ3n) is 3.90. The van der Waals surface area contributed by atoms with Gasteiger partial charge in [0.05, 0.1) is 5.56 Å². The van der Waals surface area contributed by atoms with E-state index < -0.39 is 18.4 Å². The van der Waals surface area contributed by atoms with Crippen molar-refractivity contribution in [3.05, 3.63) is 65.5 Å². The number of amides is 1. The molecule has 0 aliphatic carbocycles. The Bertz CT molecular complexity index is 759. The van der Waals surface area contributed by atoms with Gasteiger partial charge < -0.3 is 9.64 Å². The molecule has 0 unspecified atom stereocenters. The Morgan fingerprint density at radius 3 is 2.65 bits per heavy atom. The van der Waals surface area contributed by atoms with Crippen LogP contribution in [0.4, 0.5) is 10.1 Å². The molecule has 0 aromatic heterocycles. The summed E-state index contributed by atoms with van der Waals surface area (Å²) in [7, 11) is 0. The number of fused-ring (bicyclic) bond motifs is 1. The molecular formula is C18H16FNO3. The monoisotopic (exact) mass is 313 g/mol. The van der Waals surface area contributed by atoms with Gasteiger partial charge in [0, 0.05) is 11.7 Å². The average molecular weight is 313 g/mol. The van der Waals surface area contributed by atoms with Crippen molar-refractivity contribution in [1.29, 1.82) is 0 Å². The van der Waals surface area contributed by atoms with Crippen LogP contribution in [0.15, 0.2) is 48.5 Å². The molecule has 1 heterocycles. The first-order valence-corrected chi connectivity index (χ1v) is 7.39. The van der Waals surface area contributed by atoms with E-state index >= 15 is 0 Å². The zero-order chi connectivity index (χ0) is 16.4. The number of hydrogen-bond acceptors (Lipinski definition) is 3. The molecule has 0 saturated heterocycles. The normalized spacial score (nSPS) is 16.1. The molecule has 0 fully saturated rings. The predicted octanol–water partition coefficient (Wildman–Crippen LogP) is 2.96. The predicted molar refractivity (Wildman–Crippen MR) is 83.8 cm³/mol. The van der Waals surface area contributed by atoms with Crippen molar-refractivity contribution < 1.29 is 18.7 Å². The fourth-order valence-electron chi connectivity index (χ4n) is 2.85. The van der Waals surface area contributed by atoms with Gasteiger partial charge in [0.15, 0.2) is 6.61 Å². The summed E-state index contributed by atoms with van der Waals surface area (Å²) < 4.78 is 18.5. The van der Waals surface area contributed by atoms with E-state index in [0.717, 1.165) is 17.7 Å². The van der Waals surface area contributed by atoms with Gasteiger partial charge in [-0.25, -0.2) is 9.18 Å². The van der Waals surface area contributed by atoms with E-state index in [1.54, 1.807) is 11.0 Å². The highest BCUT2D eigenvalue weighted by Crippen LogP contribution is 2.31. The van der Waals surface area contributed by atoms with Crippen molar-refractivity contribution in [2.45, 2.75) is 19.4 Å².